The Labute approximate surface area is 150 Å². The third-order valence-corrected chi connectivity index (χ3v) is 3.08. The van der Waals surface area contributed by atoms with E-state index in [-0.39, 0.29) is 6.04 Å². The molecular weight excluding hydrogens is 320 g/mol. The summed E-state index contributed by atoms with van der Waals surface area (Å²) in [6, 6.07) is 9.11. The van der Waals surface area contributed by atoms with E-state index >= 15 is 0 Å². The van der Waals surface area contributed by atoms with Crippen molar-refractivity contribution < 1.29 is 19.1 Å². The number of ether oxygens (including phenoxy) is 2. The lowest BCUT2D eigenvalue weighted by molar-refractivity contribution is -0.0105. The molecule has 1 atom stereocenters. The summed E-state index contributed by atoms with van der Waals surface area (Å²) in [5.74, 6) is 0. The Kier molecular flexibility index (Phi) is 6.85. The zero-order chi connectivity index (χ0) is 19.3. The third kappa shape index (κ3) is 7.45. The van der Waals surface area contributed by atoms with Crippen molar-refractivity contribution in [3.8, 4) is 0 Å². The Morgan fingerprint density at radius 1 is 1.00 bits per heavy atom. The van der Waals surface area contributed by atoms with Gasteiger partial charge in [0.25, 0.3) is 0 Å². The topological polar surface area (TPSA) is 67.9 Å². The number of rotatable bonds is 3. The van der Waals surface area contributed by atoms with E-state index in [9.17, 15) is 9.59 Å². The van der Waals surface area contributed by atoms with Gasteiger partial charge in [0.05, 0.1) is 6.04 Å². The molecule has 0 bridgehead atoms. The molecule has 0 fully saturated rings. The number of carbonyl (C=O) groups excluding carboxylic acids is 2. The van der Waals surface area contributed by atoms with Gasteiger partial charge >= 0.3 is 12.2 Å². The first-order valence-electron chi connectivity index (χ1n) is 8.49. The van der Waals surface area contributed by atoms with Crippen LogP contribution >= 0.6 is 0 Å². The van der Waals surface area contributed by atoms with Crippen LogP contribution in [0.4, 0.5) is 9.59 Å². The number of hydrogen-bond donors (Lipinski definition) is 1. The molecule has 6 nitrogen and oxygen atoms in total. The highest BCUT2D eigenvalue weighted by atomic mass is 16.6. The van der Waals surface area contributed by atoms with Gasteiger partial charge in [-0.2, -0.15) is 0 Å². The van der Waals surface area contributed by atoms with Gasteiger partial charge in [0.15, 0.2) is 0 Å². The average Bonchev–Trinajstić information content (AvgIpc) is 2.44. The van der Waals surface area contributed by atoms with E-state index < -0.39 is 23.4 Å². The van der Waals surface area contributed by atoms with Crippen LogP contribution in [0.2, 0.25) is 0 Å². The maximum absolute atomic E-state index is 12.7. The molecule has 1 aromatic rings. The molecule has 0 saturated carbocycles. The molecule has 1 rings (SSSR count). The van der Waals surface area contributed by atoms with Crippen molar-refractivity contribution in [2.75, 3.05) is 0 Å². The minimum absolute atomic E-state index is 0.372. The van der Waals surface area contributed by atoms with E-state index in [1.165, 1.54) is 5.01 Å². The van der Waals surface area contributed by atoms with Crippen LogP contribution in [0, 0.1) is 0 Å². The molecule has 0 heterocycles. The van der Waals surface area contributed by atoms with E-state index in [0.29, 0.717) is 6.42 Å². The summed E-state index contributed by atoms with van der Waals surface area (Å²) in [6.45, 7) is 12.6. The van der Waals surface area contributed by atoms with Crippen LogP contribution in [0.1, 0.15) is 66.5 Å². The zero-order valence-corrected chi connectivity index (χ0v) is 16.3. The monoisotopic (exact) mass is 350 g/mol. The summed E-state index contributed by atoms with van der Waals surface area (Å²) in [6.07, 6.45) is -0.735. The molecule has 0 aliphatic carbocycles. The second-order valence-corrected chi connectivity index (χ2v) is 7.80. The van der Waals surface area contributed by atoms with E-state index in [2.05, 4.69) is 5.43 Å². The van der Waals surface area contributed by atoms with Gasteiger partial charge in [-0.15, -0.1) is 0 Å². The van der Waals surface area contributed by atoms with E-state index in [1.54, 1.807) is 41.5 Å². The highest BCUT2D eigenvalue weighted by molar-refractivity contribution is 5.75. The summed E-state index contributed by atoms with van der Waals surface area (Å²) >= 11 is 0. The van der Waals surface area contributed by atoms with Gasteiger partial charge in [-0.05, 0) is 53.5 Å². The van der Waals surface area contributed by atoms with Gasteiger partial charge in [0.1, 0.15) is 11.2 Å². The fourth-order valence-corrected chi connectivity index (χ4v) is 2.20. The van der Waals surface area contributed by atoms with Crippen LogP contribution in [-0.2, 0) is 9.47 Å². The lowest BCUT2D eigenvalue weighted by atomic mass is 10.0. The van der Waals surface area contributed by atoms with Crippen molar-refractivity contribution in [1.29, 1.82) is 0 Å². The Balaban J connectivity index is 3.09. The largest absolute Gasteiger partial charge is 0.443 e. The molecule has 6 heteroatoms. The predicted molar refractivity (Wildman–Crippen MR) is 96.9 cm³/mol. The fourth-order valence-electron chi connectivity index (χ4n) is 2.20. The minimum atomic E-state index is -0.701. The molecule has 1 aromatic carbocycles. The predicted octanol–water partition coefficient (Wildman–Crippen LogP) is 4.81. The number of hydrazine groups is 1. The second kappa shape index (κ2) is 8.23. The number of nitrogens with one attached hydrogen (secondary N) is 1. The number of amides is 2. The Morgan fingerprint density at radius 3 is 1.96 bits per heavy atom. The molecule has 1 N–H and O–H groups in total. The first-order valence-corrected chi connectivity index (χ1v) is 8.49. The van der Waals surface area contributed by atoms with E-state index in [4.69, 9.17) is 9.47 Å². The molecule has 0 aromatic heterocycles. The van der Waals surface area contributed by atoms with Crippen LogP contribution in [0.25, 0.3) is 0 Å². The molecule has 140 valence electrons. The van der Waals surface area contributed by atoms with E-state index in [1.807, 2.05) is 37.3 Å². The zero-order valence-electron chi connectivity index (χ0n) is 16.3. The standard InChI is InChI=1S/C19H30N2O4/c1-8-15(14-12-10-9-11-13-14)21(17(23)25-19(5,6)7)20-16(22)24-18(2,3)4/h9-13,15H,8H2,1-7H3,(H,20,22). The molecule has 0 aliphatic rings. The summed E-state index contributed by atoms with van der Waals surface area (Å²) in [5, 5.41) is 1.20. The van der Waals surface area contributed by atoms with Crippen molar-refractivity contribution in [3.63, 3.8) is 0 Å². The maximum Gasteiger partial charge on any atom is 0.429 e. The SMILES string of the molecule is CCC(c1ccccc1)N(NC(=O)OC(C)(C)C)C(=O)OC(C)(C)C. The van der Waals surface area contributed by atoms with Crippen molar-refractivity contribution in [2.45, 2.75) is 72.1 Å². The van der Waals surface area contributed by atoms with Crippen LogP contribution < -0.4 is 5.43 Å². The molecule has 0 spiro atoms. The normalized spacial score (nSPS) is 12.9. The molecule has 0 radical (unpaired) electrons. The number of hydrogen-bond acceptors (Lipinski definition) is 4. The van der Waals surface area contributed by atoms with Gasteiger partial charge in [-0.3, -0.25) is 0 Å². The first kappa shape index (κ1) is 20.8. The smallest absolute Gasteiger partial charge is 0.429 e. The maximum atomic E-state index is 12.7. The average molecular weight is 350 g/mol. The number of carbonyl (C=O) groups is 2. The van der Waals surface area contributed by atoms with Crippen LogP contribution in [0.5, 0.6) is 0 Å². The summed E-state index contributed by atoms with van der Waals surface area (Å²) in [4.78, 5) is 24.9. The van der Waals surface area contributed by atoms with Crippen LogP contribution in [0.3, 0.4) is 0 Å². The molecule has 0 saturated heterocycles. The van der Waals surface area contributed by atoms with Gasteiger partial charge in [0, 0.05) is 0 Å². The third-order valence-electron chi connectivity index (χ3n) is 3.08. The summed E-state index contributed by atoms with van der Waals surface area (Å²) in [5.41, 5.74) is 2.09. The lowest BCUT2D eigenvalue weighted by Gasteiger charge is -2.33. The molecule has 25 heavy (non-hydrogen) atoms. The number of benzene rings is 1. The first-order chi connectivity index (χ1) is 11.4. The highest BCUT2D eigenvalue weighted by Crippen LogP contribution is 2.25. The number of nitrogens with zero attached hydrogens (tertiary/aromatic N) is 1. The van der Waals surface area contributed by atoms with Gasteiger partial charge < -0.3 is 9.47 Å². The Hall–Kier alpha value is -2.24. The summed E-state index contributed by atoms with van der Waals surface area (Å²) in [7, 11) is 0. The van der Waals surface area contributed by atoms with Gasteiger partial charge in [-0.1, -0.05) is 37.3 Å². The Morgan fingerprint density at radius 2 is 1.52 bits per heavy atom. The molecule has 0 aliphatic heterocycles. The van der Waals surface area contributed by atoms with Crippen LogP contribution in [-0.4, -0.2) is 28.4 Å². The molecular formula is C19H30N2O4. The van der Waals surface area contributed by atoms with Gasteiger partial charge in [0.2, 0.25) is 0 Å². The quantitative estimate of drug-likeness (QED) is 0.794. The highest BCUT2D eigenvalue weighted by Gasteiger charge is 2.31. The van der Waals surface area contributed by atoms with Crippen molar-refractivity contribution in [1.82, 2.24) is 10.4 Å². The lowest BCUT2D eigenvalue weighted by Crippen LogP contribution is -2.51. The summed E-state index contributed by atoms with van der Waals surface area (Å²) < 4.78 is 10.7. The van der Waals surface area contributed by atoms with Crippen LogP contribution in [0.15, 0.2) is 30.3 Å². The minimum Gasteiger partial charge on any atom is -0.443 e. The Bertz CT molecular complexity index is 573. The second-order valence-electron chi connectivity index (χ2n) is 7.80. The van der Waals surface area contributed by atoms with Crippen molar-refractivity contribution in [3.05, 3.63) is 35.9 Å². The molecule has 1 unspecified atom stereocenters. The van der Waals surface area contributed by atoms with Crippen molar-refractivity contribution >= 4 is 12.2 Å². The molecule has 2 amide bonds. The fraction of sp³-hybridized carbons (Fsp3) is 0.579. The van der Waals surface area contributed by atoms with Crippen molar-refractivity contribution in [2.24, 2.45) is 0 Å². The van der Waals surface area contributed by atoms with Gasteiger partial charge in [-0.25, -0.2) is 20.0 Å². The van der Waals surface area contributed by atoms with E-state index in [0.717, 1.165) is 5.56 Å².